The second-order valence-corrected chi connectivity index (χ2v) is 6.56. The van der Waals surface area contributed by atoms with Crippen LogP contribution in [-0.4, -0.2) is 29.9 Å². The molecule has 1 atom stereocenters. The summed E-state index contributed by atoms with van der Waals surface area (Å²) in [6.45, 7) is 0.0753. The molecule has 1 amide bonds. The highest BCUT2D eigenvalue weighted by Gasteiger charge is 2.32. The van der Waals surface area contributed by atoms with E-state index in [1.807, 2.05) is 6.26 Å². The third-order valence-corrected chi connectivity index (χ3v) is 4.95. The average molecular weight is 334 g/mol. The van der Waals surface area contributed by atoms with Crippen molar-refractivity contribution in [1.82, 2.24) is 5.32 Å². The molecule has 0 saturated heterocycles. The van der Waals surface area contributed by atoms with Crippen LogP contribution in [-0.2, 0) is 0 Å². The van der Waals surface area contributed by atoms with Gasteiger partial charge in [0.1, 0.15) is 0 Å². The van der Waals surface area contributed by atoms with Crippen molar-refractivity contribution in [2.45, 2.75) is 30.2 Å². The van der Waals surface area contributed by atoms with Crippen molar-refractivity contribution in [1.29, 1.82) is 0 Å². The van der Waals surface area contributed by atoms with Gasteiger partial charge in [-0.05, 0) is 43.6 Å². The molecular formula is C14H17Cl2NO2S. The van der Waals surface area contributed by atoms with Crippen LogP contribution in [0.25, 0.3) is 0 Å². The topological polar surface area (TPSA) is 49.3 Å². The fourth-order valence-electron chi connectivity index (χ4n) is 2.17. The minimum atomic E-state index is -0.202. The quantitative estimate of drug-likeness (QED) is 0.782. The molecule has 2 rings (SSSR count). The highest BCUT2D eigenvalue weighted by atomic mass is 35.5. The minimum absolute atomic E-state index is 0.0250. The smallest absolute Gasteiger partial charge is 0.253 e. The first kappa shape index (κ1) is 16.0. The summed E-state index contributed by atoms with van der Waals surface area (Å²) in [6, 6.07) is 3.34. The van der Waals surface area contributed by atoms with Crippen LogP contribution < -0.4 is 5.32 Å². The first-order valence-electron chi connectivity index (χ1n) is 6.51. The van der Waals surface area contributed by atoms with Crippen molar-refractivity contribution in [2.75, 3.05) is 12.9 Å². The van der Waals surface area contributed by atoms with Gasteiger partial charge in [0.05, 0.1) is 15.6 Å². The predicted octanol–water partition coefficient (Wildman–Crippen LogP) is 3.61. The maximum absolute atomic E-state index is 12.3. The average Bonchev–Trinajstić information content (AvgIpc) is 3.22. The number of halogens is 2. The SMILES string of the molecule is CSc1cc(C(=O)NC(CCO)C2CC2)c(Cl)cc1Cl. The second-order valence-electron chi connectivity index (χ2n) is 4.90. The van der Waals surface area contributed by atoms with E-state index in [4.69, 9.17) is 28.3 Å². The Balaban J connectivity index is 2.15. The van der Waals surface area contributed by atoms with E-state index in [0.29, 0.717) is 27.9 Å². The maximum atomic E-state index is 12.3. The lowest BCUT2D eigenvalue weighted by atomic mass is 10.1. The van der Waals surface area contributed by atoms with Gasteiger partial charge in [-0.3, -0.25) is 4.79 Å². The molecule has 3 nitrogen and oxygen atoms in total. The van der Waals surface area contributed by atoms with Gasteiger partial charge >= 0.3 is 0 Å². The molecule has 0 heterocycles. The van der Waals surface area contributed by atoms with E-state index >= 15 is 0 Å². The standard InChI is InChI=1S/C14H17Cl2NO2S/c1-20-13-6-9(10(15)7-11(13)16)14(19)17-12(4-5-18)8-2-3-8/h6-8,12,18H,2-5H2,1H3,(H,17,19). The van der Waals surface area contributed by atoms with Gasteiger partial charge in [-0.25, -0.2) is 0 Å². The van der Waals surface area contributed by atoms with Crippen molar-refractivity contribution in [3.63, 3.8) is 0 Å². The van der Waals surface area contributed by atoms with Crippen LogP contribution in [0.4, 0.5) is 0 Å². The normalized spacial score (nSPS) is 16.0. The molecule has 110 valence electrons. The Labute approximate surface area is 133 Å². The van der Waals surface area contributed by atoms with Gasteiger partial charge in [0.25, 0.3) is 5.91 Å². The first-order chi connectivity index (χ1) is 9.56. The number of hydrogen-bond donors (Lipinski definition) is 2. The zero-order valence-corrected chi connectivity index (χ0v) is 13.5. The van der Waals surface area contributed by atoms with E-state index in [1.165, 1.54) is 11.8 Å². The second kappa shape index (κ2) is 7.03. The van der Waals surface area contributed by atoms with Gasteiger partial charge < -0.3 is 10.4 Å². The molecule has 0 spiro atoms. The Morgan fingerprint density at radius 1 is 1.45 bits per heavy atom. The van der Waals surface area contributed by atoms with Gasteiger partial charge in [-0.2, -0.15) is 0 Å². The van der Waals surface area contributed by atoms with Crippen molar-refractivity contribution < 1.29 is 9.90 Å². The van der Waals surface area contributed by atoms with Gasteiger partial charge in [-0.1, -0.05) is 23.2 Å². The molecule has 0 bridgehead atoms. The van der Waals surface area contributed by atoms with Crippen LogP contribution in [0, 0.1) is 5.92 Å². The number of hydrogen-bond acceptors (Lipinski definition) is 3. The fourth-order valence-corrected chi connectivity index (χ4v) is 3.36. The van der Waals surface area contributed by atoms with Crippen molar-refractivity contribution >= 4 is 40.9 Å². The molecule has 1 aromatic carbocycles. The molecule has 1 aliphatic carbocycles. The van der Waals surface area contributed by atoms with Crippen molar-refractivity contribution in [3.8, 4) is 0 Å². The van der Waals surface area contributed by atoms with E-state index in [2.05, 4.69) is 5.32 Å². The lowest BCUT2D eigenvalue weighted by Crippen LogP contribution is -2.37. The molecule has 1 saturated carbocycles. The van der Waals surface area contributed by atoms with E-state index in [1.54, 1.807) is 12.1 Å². The molecule has 6 heteroatoms. The van der Waals surface area contributed by atoms with Gasteiger partial charge in [0.2, 0.25) is 0 Å². The van der Waals surface area contributed by atoms with E-state index in [9.17, 15) is 4.79 Å². The van der Waals surface area contributed by atoms with Crippen molar-refractivity contribution in [2.24, 2.45) is 5.92 Å². The fraction of sp³-hybridized carbons (Fsp3) is 0.500. The number of carbonyl (C=O) groups is 1. The van der Waals surface area contributed by atoms with Crippen LogP contribution in [0.15, 0.2) is 17.0 Å². The summed E-state index contributed by atoms with van der Waals surface area (Å²) in [5.74, 6) is 0.282. The highest BCUT2D eigenvalue weighted by molar-refractivity contribution is 7.98. The molecule has 2 N–H and O–H groups in total. The number of nitrogens with one attached hydrogen (secondary N) is 1. The van der Waals surface area contributed by atoms with Crippen molar-refractivity contribution in [3.05, 3.63) is 27.7 Å². The Kier molecular flexibility index (Phi) is 5.61. The lowest BCUT2D eigenvalue weighted by Gasteiger charge is -2.18. The number of aliphatic hydroxyl groups is 1. The van der Waals surface area contributed by atoms with Crippen LogP contribution in [0.1, 0.15) is 29.6 Å². The Morgan fingerprint density at radius 2 is 2.15 bits per heavy atom. The third kappa shape index (κ3) is 3.82. The largest absolute Gasteiger partial charge is 0.396 e. The van der Waals surface area contributed by atoms with Crippen LogP contribution in [0.3, 0.4) is 0 Å². The molecule has 0 aromatic heterocycles. The van der Waals surface area contributed by atoms with Crippen LogP contribution in [0.2, 0.25) is 10.0 Å². The molecule has 0 radical (unpaired) electrons. The Hall–Kier alpha value is -0.420. The number of benzene rings is 1. The summed E-state index contributed by atoms with van der Waals surface area (Å²) in [5.41, 5.74) is 0.434. The molecular weight excluding hydrogens is 317 g/mol. The number of carbonyl (C=O) groups excluding carboxylic acids is 1. The summed E-state index contributed by atoms with van der Waals surface area (Å²) >= 11 is 13.6. The summed E-state index contributed by atoms with van der Waals surface area (Å²) in [6.07, 6.45) is 4.69. The zero-order valence-electron chi connectivity index (χ0n) is 11.2. The molecule has 1 aromatic rings. The monoisotopic (exact) mass is 333 g/mol. The molecule has 1 fully saturated rings. The van der Waals surface area contributed by atoms with E-state index in [0.717, 1.165) is 17.7 Å². The minimum Gasteiger partial charge on any atom is -0.396 e. The van der Waals surface area contributed by atoms with Crippen LogP contribution in [0.5, 0.6) is 0 Å². The maximum Gasteiger partial charge on any atom is 0.253 e. The van der Waals surface area contributed by atoms with Crippen LogP contribution >= 0.6 is 35.0 Å². The third-order valence-electron chi connectivity index (χ3n) is 3.43. The highest BCUT2D eigenvalue weighted by Crippen LogP contribution is 2.35. The number of aliphatic hydroxyl groups excluding tert-OH is 1. The molecule has 0 aliphatic heterocycles. The van der Waals surface area contributed by atoms with Gasteiger partial charge in [0, 0.05) is 17.5 Å². The lowest BCUT2D eigenvalue weighted by molar-refractivity contribution is 0.0924. The summed E-state index contributed by atoms with van der Waals surface area (Å²) < 4.78 is 0. The van der Waals surface area contributed by atoms with E-state index < -0.39 is 0 Å². The summed E-state index contributed by atoms with van der Waals surface area (Å²) in [7, 11) is 0. The number of rotatable bonds is 6. The zero-order chi connectivity index (χ0) is 14.7. The van der Waals surface area contributed by atoms with Gasteiger partial charge in [-0.15, -0.1) is 11.8 Å². The first-order valence-corrected chi connectivity index (χ1v) is 8.49. The summed E-state index contributed by atoms with van der Waals surface area (Å²) in [5, 5.41) is 12.9. The molecule has 20 heavy (non-hydrogen) atoms. The number of thioether (sulfide) groups is 1. The number of amides is 1. The van der Waals surface area contributed by atoms with E-state index in [-0.39, 0.29) is 18.6 Å². The van der Waals surface area contributed by atoms with Gasteiger partial charge in [0.15, 0.2) is 0 Å². The predicted molar refractivity (Wildman–Crippen MR) is 83.9 cm³/mol. The Bertz CT molecular complexity index is 506. The molecule has 1 unspecified atom stereocenters. The summed E-state index contributed by atoms with van der Waals surface area (Å²) in [4.78, 5) is 13.2. The Morgan fingerprint density at radius 3 is 2.70 bits per heavy atom. The molecule has 1 aliphatic rings.